The fourth-order valence-corrected chi connectivity index (χ4v) is 1.95. The van der Waals surface area contributed by atoms with E-state index in [1.807, 2.05) is 26.4 Å². The molecule has 1 N–H and O–H groups in total. The number of aromatic nitrogens is 2. The molecule has 0 fully saturated rings. The fraction of sp³-hybridized carbons (Fsp3) is 0.769. The Morgan fingerprint density at radius 3 is 2.88 bits per heavy atom. The second-order valence-electron chi connectivity index (χ2n) is 4.25. The molecular formula is C13H25N3O. The molecule has 17 heavy (non-hydrogen) atoms. The lowest BCUT2D eigenvalue weighted by molar-refractivity contribution is 0.140. The summed E-state index contributed by atoms with van der Waals surface area (Å²) in [5, 5.41) is 3.52. The number of ether oxygens (including phenoxy) is 1. The van der Waals surface area contributed by atoms with Gasteiger partial charge in [0.1, 0.15) is 5.82 Å². The van der Waals surface area contributed by atoms with Gasteiger partial charge in [0, 0.05) is 45.1 Å². The van der Waals surface area contributed by atoms with Gasteiger partial charge in [-0.3, -0.25) is 0 Å². The Morgan fingerprint density at radius 1 is 1.47 bits per heavy atom. The molecule has 0 saturated carbocycles. The first-order valence-electron chi connectivity index (χ1n) is 6.55. The monoisotopic (exact) mass is 239 g/mol. The van der Waals surface area contributed by atoms with Gasteiger partial charge in [0.25, 0.3) is 0 Å². The maximum absolute atomic E-state index is 5.37. The van der Waals surface area contributed by atoms with Crippen molar-refractivity contribution in [3.05, 3.63) is 18.2 Å². The van der Waals surface area contributed by atoms with Gasteiger partial charge in [-0.1, -0.05) is 6.92 Å². The number of aryl methyl sites for hydroxylation is 1. The third kappa shape index (κ3) is 5.33. The molecule has 1 atom stereocenters. The Hall–Kier alpha value is -0.870. The number of likely N-dealkylation sites (N-methyl/N-ethyl adjacent to an activating group) is 1. The standard InChI is InChI=1S/C13H25N3O/c1-4-14-12(7-6-10-17-5-2)11-13-15-8-9-16(13)3/h8-9,12,14H,4-7,10-11H2,1-3H3. The molecule has 0 radical (unpaired) electrons. The van der Waals surface area contributed by atoms with Crippen LogP contribution in [0.15, 0.2) is 12.4 Å². The Kier molecular flexibility index (Phi) is 6.89. The van der Waals surface area contributed by atoms with Crippen LogP contribution in [0.1, 0.15) is 32.5 Å². The molecule has 4 nitrogen and oxygen atoms in total. The molecule has 0 saturated heterocycles. The average molecular weight is 239 g/mol. The number of nitrogens with one attached hydrogen (secondary N) is 1. The Balaban J connectivity index is 2.35. The SMILES string of the molecule is CCNC(CCCOCC)Cc1nccn1C. The van der Waals surface area contributed by atoms with Crippen LogP contribution < -0.4 is 5.32 Å². The van der Waals surface area contributed by atoms with Gasteiger partial charge in [-0.25, -0.2) is 4.98 Å². The fourth-order valence-electron chi connectivity index (χ4n) is 1.95. The van der Waals surface area contributed by atoms with E-state index in [0.29, 0.717) is 6.04 Å². The Bertz CT molecular complexity index is 299. The van der Waals surface area contributed by atoms with Crippen molar-refractivity contribution in [1.29, 1.82) is 0 Å². The van der Waals surface area contributed by atoms with Crippen molar-refractivity contribution in [3.63, 3.8) is 0 Å². The number of rotatable bonds is 9. The highest BCUT2D eigenvalue weighted by Crippen LogP contribution is 2.06. The molecule has 0 aliphatic heterocycles. The zero-order chi connectivity index (χ0) is 12.5. The van der Waals surface area contributed by atoms with Crippen LogP contribution in [0.25, 0.3) is 0 Å². The van der Waals surface area contributed by atoms with Gasteiger partial charge in [-0.15, -0.1) is 0 Å². The van der Waals surface area contributed by atoms with E-state index >= 15 is 0 Å². The molecule has 1 aromatic heterocycles. The lowest BCUT2D eigenvalue weighted by Gasteiger charge is -2.17. The Labute approximate surface area is 104 Å². The van der Waals surface area contributed by atoms with E-state index in [1.54, 1.807) is 0 Å². The quantitative estimate of drug-likeness (QED) is 0.667. The maximum atomic E-state index is 5.37. The van der Waals surface area contributed by atoms with E-state index < -0.39 is 0 Å². The molecular weight excluding hydrogens is 214 g/mol. The van der Waals surface area contributed by atoms with Crippen molar-refractivity contribution in [2.45, 2.75) is 39.2 Å². The highest BCUT2D eigenvalue weighted by atomic mass is 16.5. The summed E-state index contributed by atoms with van der Waals surface area (Å²) in [5.74, 6) is 1.15. The van der Waals surface area contributed by atoms with E-state index in [0.717, 1.165) is 44.8 Å². The van der Waals surface area contributed by atoms with Crippen molar-refractivity contribution < 1.29 is 4.74 Å². The normalized spacial score (nSPS) is 12.9. The molecule has 0 spiro atoms. The lowest BCUT2D eigenvalue weighted by atomic mass is 10.1. The number of hydrogen-bond donors (Lipinski definition) is 1. The van der Waals surface area contributed by atoms with Gasteiger partial charge < -0.3 is 14.6 Å². The number of hydrogen-bond acceptors (Lipinski definition) is 3. The van der Waals surface area contributed by atoms with Crippen LogP contribution in [-0.2, 0) is 18.2 Å². The summed E-state index contributed by atoms with van der Waals surface area (Å²) in [6.45, 7) is 6.86. The molecule has 0 aliphatic carbocycles. The number of imidazole rings is 1. The molecule has 0 amide bonds. The minimum Gasteiger partial charge on any atom is -0.382 e. The van der Waals surface area contributed by atoms with E-state index in [1.165, 1.54) is 0 Å². The van der Waals surface area contributed by atoms with Crippen molar-refractivity contribution in [2.24, 2.45) is 7.05 Å². The molecule has 1 aromatic rings. The zero-order valence-corrected chi connectivity index (χ0v) is 11.3. The maximum Gasteiger partial charge on any atom is 0.109 e. The molecule has 1 unspecified atom stereocenters. The smallest absolute Gasteiger partial charge is 0.109 e. The molecule has 1 heterocycles. The van der Waals surface area contributed by atoms with Gasteiger partial charge in [0.15, 0.2) is 0 Å². The first-order chi connectivity index (χ1) is 8.27. The summed E-state index contributed by atoms with van der Waals surface area (Å²) in [5.41, 5.74) is 0. The minimum atomic E-state index is 0.501. The third-order valence-electron chi connectivity index (χ3n) is 2.89. The second kappa shape index (κ2) is 8.25. The summed E-state index contributed by atoms with van der Waals surface area (Å²) < 4.78 is 7.46. The van der Waals surface area contributed by atoms with E-state index in [4.69, 9.17) is 4.74 Å². The third-order valence-corrected chi connectivity index (χ3v) is 2.89. The van der Waals surface area contributed by atoms with Crippen LogP contribution in [0.4, 0.5) is 0 Å². The van der Waals surface area contributed by atoms with Crippen LogP contribution in [0.3, 0.4) is 0 Å². The van der Waals surface area contributed by atoms with Crippen molar-refractivity contribution in [3.8, 4) is 0 Å². The minimum absolute atomic E-state index is 0.501. The molecule has 4 heteroatoms. The van der Waals surface area contributed by atoms with Gasteiger partial charge >= 0.3 is 0 Å². The lowest BCUT2D eigenvalue weighted by Crippen LogP contribution is -2.32. The first kappa shape index (κ1) is 14.2. The topological polar surface area (TPSA) is 39.1 Å². The molecule has 98 valence electrons. The summed E-state index contributed by atoms with van der Waals surface area (Å²) in [7, 11) is 2.05. The van der Waals surface area contributed by atoms with Crippen molar-refractivity contribution in [2.75, 3.05) is 19.8 Å². The molecule has 1 rings (SSSR count). The van der Waals surface area contributed by atoms with Crippen LogP contribution in [0.5, 0.6) is 0 Å². The largest absolute Gasteiger partial charge is 0.382 e. The van der Waals surface area contributed by atoms with Gasteiger partial charge in [-0.05, 0) is 26.3 Å². The van der Waals surface area contributed by atoms with Gasteiger partial charge in [-0.2, -0.15) is 0 Å². The van der Waals surface area contributed by atoms with Crippen molar-refractivity contribution >= 4 is 0 Å². The zero-order valence-electron chi connectivity index (χ0n) is 11.3. The summed E-state index contributed by atoms with van der Waals surface area (Å²) in [6, 6.07) is 0.501. The van der Waals surface area contributed by atoms with Crippen LogP contribution in [-0.4, -0.2) is 35.4 Å². The highest BCUT2D eigenvalue weighted by molar-refractivity contribution is 4.94. The summed E-state index contributed by atoms with van der Waals surface area (Å²) in [4.78, 5) is 4.37. The van der Waals surface area contributed by atoms with E-state index in [-0.39, 0.29) is 0 Å². The van der Waals surface area contributed by atoms with E-state index in [9.17, 15) is 0 Å². The Morgan fingerprint density at radius 2 is 2.29 bits per heavy atom. The predicted molar refractivity (Wildman–Crippen MR) is 70.1 cm³/mol. The summed E-state index contributed by atoms with van der Waals surface area (Å²) >= 11 is 0. The van der Waals surface area contributed by atoms with Crippen LogP contribution in [0, 0.1) is 0 Å². The number of nitrogens with zero attached hydrogens (tertiary/aromatic N) is 2. The van der Waals surface area contributed by atoms with Gasteiger partial charge in [0.05, 0.1) is 0 Å². The van der Waals surface area contributed by atoms with Gasteiger partial charge in [0.2, 0.25) is 0 Å². The highest BCUT2D eigenvalue weighted by Gasteiger charge is 2.10. The van der Waals surface area contributed by atoms with Crippen molar-refractivity contribution in [1.82, 2.24) is 14.9 Å². The average Bonchev–Trinajstić information content (AvgIpc) is 2.71. The first-order valence-corrected chi connectivity index (χ1v) is 6.55. The predicted octanol–water partition coefficient (Wildman–Crippen LogP) is 1.76. The van der Waals surface area contributed by atoms with Crippen LogP contribution >= 0.6 is 0 Å². The molecule has 0 aliphatic rings. The summed E-state index contributed by atoms with van der Waals surface area (Å²) in [6.07, 6.45) is 7.09. The molecule has 0 bridgehead atoms. The molecule has 0 aromatic carbocycles. The van der Waals surface area contributed by atoms with Crippen LogP contribution in [0.2, 0.25) is 0 Å². The van der Waals surface area contributed by atoms with E-state index in [2.05, 4.69) is 21.8 Å². The second-order valence-corrected chi connectivity index (χ2v) is 4.25.